The first kappa shape index (κ1) is 13.5. The van der Waals surface area contributed by atoms with E-state index in [2.05, 4.69) is 16.4 Å². The van der Waals surface area contributed by atoms with Crippen LogP contribution in [0.5, 0.6) is 0 Å². The predicted molar refractivity (Wildman–Crippen MR) is 72.3 cm³/mol. The second kappa shape index (κ2) is 6.25. The van der Waals surface area contributed by atoms with Crippen LogP contribution in [0.15, 0.2) is 23.2 Å². The van der Waals surface area contributed by atoms with Crippen molar-refractivity contribution in [3.8, 4) is 0 Å². The molecule has 1 aromatic carbocycles. The van der Waals surface area contributed by atoms with Crippen molar-refractivity contribution in [1.82, 2.24) is 0 Å². The molecule has 4 nitrogen and oxygen atoms in total. The van der Waals surface area contributed by atoms with Crippen LogP contribution in [0.3, 0.4) is 0 Å². The Labute approximate surface area is 103 Å². The zero-order valence-corrected chi connectivity index (χ0v) is 10.7. The minimum absolute atomic E-state index is 0.125. The van der Waals surface area contributed by atoms with Crippen molar-refractivity contribution in [3.63, 3.8) is 0 Å². The molecule has 1 aromatic rings. The van der Waals surface area contributed by atoms with E-state index in [4.69, 9.17) is 10.8 Å². The minimum atomic E-state index is 0.125. The van der Waals surface area contributed by atoms with Gasteiger partial charge in [0.2, 0.25) is 0 Å². The molecule has 1 rings (SSSR count). The Bertz CT molecular complexity index is 381. The van der Waals surface area contributed by atoms with Gasteiger partial charge in [-0.05, 0) is 43.0 Å². The molecule has 0 radical (unpaired) electrons. The molecule has 0 aromatic heterocycles. The third-order valence-electron chi connectivity index (χ3n) is 2.38. The fraction of sp³-hybridized carbons (Fsp3) is 0.462. The Kier molecular flexibility index (Phi) is 4.97. The highest BCUT2D eigenvalue weighted by molar-refractivity contribution is 5.92. The van der Waals surface area contributed by atoms with Crippen LogP contribution in [0.25, 0.3) is 0 Å². The molecule has 0 fully saturated rings. The first-order valence-electron chi connectivity index (χ1n) is 5.77. The third-order valence-corrected chi connectivity index (χ3v) is 2.38. The molecule has 4 N–H and O–H groups in total. The van der Waals surface area contributed by atoms with E-state index in [1.165, 1.54) is 11.1 Å². The van der Waals surface area contributed by atoms with Gasteiger partial charge in [-0.1, -0.05) is 13.0 Å². The number of aliphatic hydroxyl groups is 1. The van der Waals surface area contributed by atoms with E-state index in [1.807, 2.05) is 32.9 Å². The molecule has 0 aliphatic heterocycles. The number of hydrogen-bond acceptors (Lipinski definition) is 2. The van der Waals surface area contributed by atoms with Gasteiger partial charge in [-0.3, -0.25) is 4.99 Å². The highest BCUT2D eigenvalue weighted by atomic mass is 16.3. The maximum atomic E-state index is 8.88. The topological polar surface area (TPSA) is 70.6 Å². The maximum Gasteiger partial charge on any atom is 0.193 e. The van der Waals surface area contributed by atoms with E-state index in [0.717, 1.165) is 5.69 Å². The number of hydrogen-bond donors (Lipinski definition) is 3. The van der Waals surface area contributed by atoms with Crippen molar-refractivity contribution >= 4 is 11.6 Å². The SMILES string of the molecule is Cc1cc(C)cc(NC(N)=NCC(C)CO)c1. The van der Waals surface area contributed by atoms with Crippen LogP contribution in [0, 0.1) is 19.8 Å². The molecule has 0 saturated carbocycles. The molecule has 94 valence electrons. The Morgan fingerprint density at radius 3 is 2.47 bits per heavy atom. The molecule has 0 bridgehead atoms. The summed E-state index contributed by atoms with van der Waals surface area (Å²) in [5.74, 6) is 0.518. The largest absolute Gasteiger partial charge is 0.396 e. The number of aliphatic hydroxyl groups excluding tert-OH is 1. The van der Waals surface area contributed by atoms with E-state index in [9.17, 15) is 0 Å². The van der Waals surface area contributed by atoms with Crippen LogP contribution < -0.4 is 11.1 Å². The molecule has 0 aliphatic carbocycles. The zero-order chi connectivity index (χ0) is 12.8. The summed E-state index contributed by atoms with van der Waals surface area (Å²) in [6, 6.07) is 6.14. The normalized spacial score (nSPS) is 13.5. The van der Waals surface area contributed by atoms with Crippen LogP contribution in [-0.4, -0.2) is 24.2 Å². The van der Waals surface area contributed by atoms with E-state index in [-0.39, 0.29) is 12.5 Å². The lowest BCUT2D eigenvalue weighted by Gasteiger charge is -2.09. The summed E-state index contributed by atoms with van der Waals surface area (Å²) in [6.07, 6.45) is 0. The van der Waals surface area contributed by atoms with Gasteiger partial charge in [0.15, 0.2) is 5.96 Å². The Morgan fingerprint density at radius 2 is 1.94 bits per heavy atom. The van der Waals surface area contributed by atoms with Gasteiger partial charge in [0.05, 0.1) is 0 Å². The molecule has 4 heteroatoms. The monoisotopic (exact) mass is 235 g/mol. The predicted octanol–water partition coefficient (Wildman–Crippen LogP) is 1.66. The second-order valence-corrected chi connectivity index (χ2v) is 4.52. The van der Waals surface area contributed by atoms with Crippen LogP contribution in [0.4, 0.5) is 5.69 Å². The molecule has 0 saturated heterocycles. The average molecular weight is 235 g/mol. The molecule has 1 atom stereocenters. The van der Waals surface area contributed by atoms with Gasteiger partial charge in [-0.25, -0.2) is 0 Å². The summed E-state index contributed by atoms with van der Waals surface area (Å²) in [6.45, 7) is 6.66. The highest BCUT2D eigenvalue weighted by Gasteiger charge is 2.00. The Balaban J connectivity index is 2.64. The molecule has 1 unspecified atom stereocenters. The number of aliphatic imine (C=N–C) groups is 1. The van der Waals surface area contributed by atoms with Gasteiger partial charge < -0.3 is 16.2 Å². The summed E-state index contributed by atoms with van der Waals surface area (Å²) >= 11 is 0. The number of nitrogens with zero attached hydrogens (tertiary/aromatic N) is 1. The van der Waals surface area contributed by atoms with Gasteiger partial charge in [-0.2, -0.15) is 0 Å². The molecule has 0 spiro atoms. The standard InChI is InChI=1S/C13H21N3O/c1-9-4-10(2)6-12(5-9)16-13(14)15-7-11(3)8-17/h4-6,11,17H,7-8H2,1-3H3,(H3,14,15,16). The number of benzene rings is 1. The third kappa shape index (κ3) is 4.87. The van der Waals surface area contributed by atoms with Crippen molar-refractivity contribution in [1.29, 1.82) is 0 Å². The number of aryl methyl sites for hydroxylation is 2. The quantitative estimate of drug-likeness (QED) is 0.549. The number of guanidine groups is 1. The Hall–Kier alpha value is -1.55. The van der Waals surface area contributed by atoms with Crippen molar-refractivity contribution in [2.75, 3.05) is 18.5 Å². The molecule has 0 aliphatic rings. The van der Waals surface area contributed by atoms with Crippen LogP contribution >= 0.6 is 0 Å². The lowest BCUT2D eigenvalue weighted by atomic mass is 10.1. The van der Waals surface area contributed by atoms with Crippen LogP contribution in [0.2, 0.25) is 0 Å². The minimum Gasteiger partial charge on any atom is -0.396 e. The summed E-state index contributed by atoms with van der Waals surface area (Å²) < 4.78 is 0. The fourth-order valence-electron chi connectivity index (χ4n) is 1.55. The number of nitrogens with two attached hydrogens (primary N) is 1. The highest BCUT2D eigenvalue weighted by Crippen LogP contribution is 2.13. The van der Waals surface area contributed by atoms with Gasteiger partial charge in [0.25, 0.3) is 0 Å². The molecule has 17 heavy (non-hydrogen) atoms. The van der Waals surface area contributed by atoms with Crippen molar-refractivity contribution in [2.45, 2.75) is 20.8 Å². The average Bonchev–Trinajstić information content (AvgIpc) is 2.24. The summed E-state index contributed by atoms with van der Waals surface area (Å²) in [5, 5.41) is 11.9. The van der Waals surface area contributed by atoms with Gasteiger partial charge in [-0.15, -0.1) is 0 Å². The molecular formula is C13H21N3O. The molecular weight excluding hydrogens is 214 g/mol. The van der Waals surface area contributed by atoms with Crippen LogP contribution in [-0.2, 0) is 0 Å². The first-order valence-corrected chi connectivity index (χ1v) is 5.77. The number of anilines is 1. The lowest BCUT2D eigenvalue weighted by Crippen LogP contribution is -2.24. The second-order valence-electron chi connectivity index (χ2n) is 4.52. The first-order chi connectivity index (χ1) is 8.01. The smallest absolute Gasteiger partial charge is 0.193 e. The fourth-order valence-corrected chi connectivity index (χ4v) is 1.55. The lowest BCUT2D eigenvalue weighted by molar-refractivity contribution is 0.242. The number of nitrogens with one attached hydrogen (secondary N) is 1. The molecule has 0 heterocycles. The van der Waals surface area contributed by atoms with E-state index in [0.29, 0.717) is 12.5 Å². The Morgan fingerprint density at radius 1 is 1.35 bits per heavy atom. The zero-order valence-electron chi connectivity index (χ0n) is 10.7. The maximum absolute atomic E-state index is 8.88. The van der Waals surface area contributed by atoms with Crippen LogP contribution in [0.1, 0.15) is 18.1 Å². The summed E-state index contributed by atoms with van der Waals surface area (Å²) in [5.41, 5.74) is 9.08. The van der Waals surface area contributed by atoms with E-state index in [1.54, 1.807) is 0 Å². The van der Waals surface area contributed by atoms with Gasteiger partial charge in [0.1, 0.15) is 0 Å². The number of rotatable bonds is 4. The van der Waals surface area contributed by atoms with Crippen molar-refractivity contribution < 1.29 is 5.11 Å². The van der Waals surface area contributed by atoms with Gasteiger partial charge >= 0.3 is 0 Å². The summed E-state index contributed by atoms with van der Waals surface area (Å²) in [7, 11) is 0. The summed E-state index contributed by atoms with van der Waals surface area (Å²) in [4.78, 5) is 4.17. The van der Waals surface area contributed by atoms with E-state index < -0.39 is 0 Å². The van der Waals surface area contributed by atoms with Gasteiger partial charge in [0, 0.05) is 18.8 Å². The molecule has 0 amide bonds. The van der Waals surface area contributed by atoms with Crippen molar-refractivity contribution in [2.24, 2.45) is 16.6 Å². The van der Waals surface area contributed by atoms with E-state index >= 15 is 0 Å². The van der Waals surface area contributed by atoms with Crippen molar-refractivity contribution in [3.05, 3.63) is 29.3 Å².